The quantitative estimate of drug-likeness (QED) is 0.536. The van der Waals surface area contributed by atoms with E-state index in [1.165, 1.54) is 0 Å². The van der Waals surface area contributed by atoms with Gasteiger partial charge in [0.15, 0.2) is 0 Å². The Labute approximate surface area is 89.3 Å². The summed E-state index contributed by atoms with van der Waals surface area (Å²) in [5, 5.41) is 18.1. The van der Waals surface area contributed by atoms with E-state index >= 15 is 0 Å². The minimum atomic E-state index is -1.45. The Morgan fingerprint density at radius 2 is 1.50 bits per heavy atom. The van der Waals surface area contributed by atoms with Gasteiger partial charge in [-0.25, -0.2) is 4.79 Å². The maximum atomic E-state index is 11.0. The van der Waals surface area contributed by atoms with Gasteiger partial charge in [0.1, 0.15) is 11.3 Å². The van der Waals surface area contributed by atoms with E-state index in [0.29, 0.717) is 0 Å². The maximum Gasteiger partial charge on any atom is 0.339 e. The molecule has 1 aromatic rings. The van der Waals surface area contributed by atoms with Crippen molar-refractivity contribution in [2.24, 2.45) is 11.5 Å². The molecule has 16 heavy (non-hydrogen) atoms. The Morgan fingerprint density at radius 1 is 1.00 bits per heavy atom. The van der Waals surface area contributed by atoms with Gasteiger partial charge in [-0.05, 0) is 12.1 Å². The van der Waals surface area contributed by atoms with Gasteiger partial charge in [-0.15, -0.1) is 0 Å². The molecule has 0 atom stereocenters. The average molecular weight is 224 g/mol. The molecule has 6 N–H and O–H groups in total. The molecule has 0 aliphatic carbocycles. The summed E-state index contributed by atoms with van der Waals surface area (Å²) in [4.78, 5) is 32.5. The lowest BCUT2D eigenvalue weighted by molar-refractivity contribution is 0.0693. The molecule has 0 spiro atoms. The molecule has 0 aliphatic heterocycles. The predicted octanol–water partition coefficient (Wildman–Crippen LogP) is -0.712. The largest absolute Gasteiger partial charge is 0.506 e. The Bertz CT molecular complexity index is 495. The summed E-state index contributed by atoms with van der Waals surface area (Å²) in [6, 6.07) is 1.98. The van der Waals surface area contributed by atoms with Crippen molar-refractivity contribution in [1.82, 2.24) is 0 Å². The van der Waals surface area contributed by atoms with Crippen molar-refractivity contribution in [2.75, 3.05) is 0 Å². The van der Waals surface area contributed by atoms with Crippen LogP contribution in [0.1, 0.15) is 31.1 Å². The summed E-state index contributed by atoms with van der Waals surface area (Å²) in [6.45, 7) is 0. The van der Waals surface area contributed by atoms with E-state index in [1.807, 2.05) is 0 Å². The highest BCUT2D eigenvalue weighted by atomic mass is 16.4. The standard InChI is InChI=1S/C9H8N2O5/c10-7(13)3-1-2-4(9(15)16)6(12)5(3)8(11)14/h1-2,12H,(H2,10,13)(H2,11,14)(H,15,16). The van der Waals surface area contributed by atoms with Gasteiger partial charge >= 0.3 is 5.97 Å². The second-order valence-electron chi connectivity index (χ2n) is 2.92. The zero-order valence-corrected chi connectivity index (χ0v) is 7.93. The molecule has 84 valence electrons. The molecule has 0 heterocycles. The average Bonchev–Trinajstić information content (AvgIpc) is 2.15. The molecule has 1 rings (SSSR count). The fraction of sp³-hybridized carbons (Fsp3) is 0. The molecule has 1 aromatic carbocycles. The number of carboxylic acids is 1. The van der Waals surface area contributed by atoms with Crippen molar-refractivity contribution < 1.29 is 24.6 Å². The number of carbonyl (C=O) groups excluding carboxylic acids is 2. The second-order valence-corrected chi connectivity index (χ2v) is 2.92. The molecule has 7 nitrogen and oxygen atoms in total. The summed E-state index contributed by atoms with van der Waals surface area (Å²) < 4.78 is 0. The van der Waals surface area contributed by atoms with Crippen LogP contribution in [0.3, 0.4) is 0 Å². The number of hydrogen-bond donors (Lipinski definition) is 4. The van der Waals surface area contributed by atoms with Crippen molar-refractivity contribution in [3.05, 3.63) is 28.8 Å². The third-order valence-corrected chi connectivity index (χ3v) is 1.92. The first-order valence-corrected chi connectivity index (χ1v) is 4.05. The summed E-state index contributed by atoms with van der Waals surface area (Å²) in [5.41, 5.74) is 8.42. The molecular formula is C9H8N2O5. The Morgan fingerprint density at radius 3 is 1.88 bits per heavy atom. The van der Waals surface area contributed by atoms with Crippen molar-refractivity contribution in [1.29, 1.82) is 0 Å². The smallest absolute Gasteiger partial charge is 0.339 e. The normalized spacial score (nSPS) is 9.75. The number of rotatable bonds is 3. The molecule has 0 saturated carbocycles. The highest BCUT2D eigenvalue weighted by molar-refractivity contribution is 6.10. The Kier molecular flexibility index (Phi) is 2.80. The van der Waals surface area contributed by atoms with Crippen LogP contribution < -0.4 is 11.5 Å². The highest BCUT2D eigenvalue weighted by Crippen LogP contribution is 2.25. The van der Waals surface area contributed by atoms with E-state index in [9.17, 15) is 19.5 Å². The van der Waals surface area contributed by atoms with Crippen LogP contribution in [0.4, 0.5) is 0 Å². The van der Waals surface area contributed by atoms with E-state index in [1.54, 1.807) is 0 Å². The van der Waals surface area contributed by atoms with Crippen LogP contribution in [-0.4, -0.2) is 28.0 Å². The van der Waals surface area contributed by atoms with Crippen LogP contribution in [-0.2, 0) is 0 Å². The first kappa shape index (κ1) is 11.5. The van der Waals surface area contributed by atoms with Gasteiger partial charge in [-0.1, -0.05) is 0 Å². The van der Waals surface area contributed by atoms with Gasteiger partial charge in [-0.3, -0.25) is 9.59 Å². The number of nitrogens with two attached hydrogens (primary N) is 2. The van der Waals surface area contributed by atoms with Crippen molar-refractivity contribution in [2.45, 2.75) is 0 Å². The molecular weight excluding hydrogens is 216 g/mol. The van der Waals surface area contributed by atoms with E-state index in [0.717, 1.165) is 12.1 Å². The molecule has 0 radical (unpaired) electrons. The molecule has 0 aromatic heterocycles. The third-order valence-electron chi connectivity index (χ3n) is 1.92. The third kappa shape index (κ3) is 1.78. The second kappa shape index (κ2) is 3.89. The Balaban J connectivity index is 3.60. The highest BCUT2D eigenvalue weighted by Gasteiger charge is 2.22. The van der Waals surface area contributed by atoms with Gasteiger partial charge in [-0.2, -0.15) is 0 Å². The van der Waals surface area contributed by atoms with Crippen LogP contribution in [0.15, 0.2) is 12.1 Å². The van der Waals surface area contributed by atoms with Gasteiger partial charge in [0.2, 0.25) is 5.91 Å². The van der Waals surface area contributed by atoms with Crippen LogP contribution in [0, 0.1) is 0 Å². The summed E-state index contributed by atoms with van der Waals surface area (Å²) >= 11 is 0. The molecule has 0 fully saturated rings. The minimum Gasteiger partial charge on any atom is -0.506 e. The SMILES string of the molecule is NC(=O)c1ccc(C(=O)O)c(O)c1C(N)=O. The fourth-order valence-electron chi connectivity index (χ4n) is 1.22. The summed E-state index contributed by atoms with van der Waals surface area (Å²) in [7, 11) is 0. The lowest BCUT2D eigenvalue weighted by Gasteiger charge is -2.07. The van der Waals surface area contributed by atoms with E-state index in [2.05, 4.69) is 0 Å². The number of phenols is 1. The zero-order valence-electron chi connectivity index (χ0n) is 7.93. The van der Waals surface area contributed by atoms with E-state index in [4.69, 9.17) is 16.6 Å². The van der Waals surface area contributed by atoms with E-state index in [-0.39, 0.29) is 5.56 Å². The van der Waals surface area contributed by atoms with Crippen LogP contribution >= 0.6 is 0 Å². The van der Waals surface area contributed by atoms with E-state index < -0.39 is 34.7 Å². The summed E-state index contributed by atoms with van der Waals surface area (Å²) in [6.07, 6.45) is 0. The zero-order chi connectivity index (χ0) is 12.5. The van der Waals surface area contributed by atoms with Gasteiger partial charge in [0.05, 0.1) is 11.1 Å². The monoisotopic (exact) mass is 224 g/mol. The lowest BCUT2D eigenvalue weighted by atomic mass is 10.0. The van der Waals surface area contributed by atoms with Crippen LogP contribution in [0.25, 0.3) is 0 Å². The molecule has 0 bridgehead atoms. The number of carbonyl (C=O) groups is 3. The molecule has 7 heteroatoms. The van der Waals surface area contributed by atoms with Crippen molar-refractivity contribution in [3.8, 4) is 5.75 Å². The van der Waals surface area contributed by atoms with Crippen molar-refractivity contribution in [3.63, 3.8) is 0 Å². The number of amides is 2. The first-order valence-electron chi connectivity index (χ1n) is 4.05. The van der Waals surface area contributed by atoms with Gasteiger partial charge in [0.25, 0.3) is 5.91 Å². The molecule has 0 saturated heterocycles. The number of benzene rings is 1. The molecule has 2 amide bonds. The topological polar surface area (TPSA) is 144 Å². The van der Waals surface area contributed by atoms with Gasteiger partial charge < -0.3 is 21.7 Å². The van der Waals surface area contributed by atoms with Crippen LogP contribution in [0.5, 0.6) is 5.75 Å². The number of aromatic hydroxyl groups is 1. The lowest BCUT2D eigenvalue weighted by Crippen LogP contribution is -2.21. The molecule has 0 unspecified atom stereocenters. The number of aromatic carboxylic acids is 1. The Hall–Kier alpha value is -2.57. The van der Waals surface area contributed by atoms with Crippen molar-refractivity contribution >= 4 is 17.8 Å². The number of carboxylic acid groups (broad SMARTS) is 1. The molecule has 0 aliphatic rings. The first-order chi connectivity index (χ1) is 7.36. The predicted molar refractivity (Wildman–Crippen MR) is 52.1 cm³/mol. The maximum absolute atomic E-state index is 11.0. The van der Waals surface area contributed by atoms with Gasteiger partial charge in [0, 0.05) is 0 Å². The minimum absolute atomic E-state index is 0.324. The number of hydrogen-bond acceptors (Lipinski definition) is 4. The van der Waals surface area contributed by atoms with Crippen LogP contribution in [0.2, 0.25) is 0 Å². The summed E-state index contributed by atoms with van der Waals surface area (Å²) in [5.74, 6) is -4.43. The fourth-order valence-corrected chi connectivity index (χ4v) is 1.22. The number of primary amides is 2.